The predicted octanol–water partition coefficient (Wildman–Crippen LogP) is 3.26. The molecule has 7 nitrogen and oxygen atoms in total. The molecule has 2 aromatic rings. The summed E-state index contributed by atoms with van der Waals surface area (Å²) >= 11 is 0. The fourth-order valence-corrected chi connectivity index (χ4v) is 2.11. The molecule has 0 atom stereocenters. The summed E-state index contributed by atoms with van der Waals surface area (Å²) in [7, 11) is 2.33. The fraction of sp³-hybridized carbons (Fsp3) is 0.250. The number of alkyl halides is 3. The van der Waals surface area contributed by atoms with Crippen LogP contribution in [0.2, 0.25) is 0 Å². The minimum Gasteiger partial charge on any atom is -0.493 e. The molecule has 0 N–H and O–H groups in total. The first-order valence-electron chi connectivity index (χ1n) is 7.01. The van der Waals surface area contributed by atoms with Crippen molar-refractivity contribution in [3.8, 4) is 23.4 Å². The molecule has 10 heteroatoms. The van der Waals surface area contributed by atoms with Crippen molar-refractivity contribution < 1.29 is 32.2 Å². The number of carbonyl (C=O) groups is 1. The summed E-state index contributed by atoms with van der Waals surface area (Å²) in [4.78, 5) is 12.0. The molecule has 136 valence electrons. The van der Waals surface area contributed by atoms with Crippen LogP contribution in [-0.2, 0) is 10.9 Å². The van der Waals surface area contributed by atoms with E-state index in [9.17, 15) is 18.0 Å². The molecule has 1 aromatic carbocycles. The molecular weight excluding hydrogens is 355 g/mol. The first-order chi connectivity index (χ1) is 12.2. The van der Waals surface area contributed by atoms with E-state index < -0.39 is 34.8 Å². The summed E-state index contributed by atoms with van der Waals surface area (Å²) in [6, 6.07) is 6.02. The van der Waals surface area contributed by atoms with Gasteiger partial charge < -0.3 is 14.2 Å². The summed E-state index contributed by atoms with van der Waals surface area (Å²) in [5.41, 5.74) is -2.04. The number of aromatic nitrogens is 2. The SMILES string of the molecule is COC(=O)c1c(Oc2ccc(C#N)cc2OC)nnc(C(F)(F)F)c1C. The first-order valence-corrected chi connectivity index (χ1v) is 7.01. The van der Waals surface area contributed by atoms with Gasteiger partial charge in [-0.15, -0.1) is 10.2 Å². The van der Waals surface area contributed by atoms with Crippen LogP contribution in [0.1, 0.15) is 27.2 Å². The Hall–Kier alpha value is -3.35. The summed E-state index contributed by atoms with van der Waals surface area (Å²) < 4.78 is 54.1. The third kappa shape index (κ3) is 3.66. The van der Waals surface area contributed by atoms with Gasteiger partial charge in [0, 0.05) is 11.6 Å². The van der Waals surface area contributed by atoms with Crippen LogP contribution in [0.4, 0.5) is 13.2 Å². The van der Waals surface area contributed by atoms with E-state index in [0.717, 1.165) is 14.0 Å². The largest absolute Gasteiger partial charge is 0.493 e. The Labute approximate surface area is 145 Å². The zero-order valence-corrected chi connectivity index (χ0v) is 13.8. The highest BCUT2D eigenvalue weighted by molar-refractivity contribution is 5.93. The van der Waals surface area contributed by atoms with Crippen molar-refractivity contribution in [3.05, 3.63) is 40.6 Å². The average molecular weight is 367 g/mol. The highest BCUT2D eigenvalue weighted by Gasteiger charge is 2.38. The standard InChI is InChI=1S/C16H12F3N3O4/c1-8-12(15(23)25-3)14(22-21-13(8)16(17,18)19)26-10-5-4-9(7-20)6-11(10)24-2/h4-6H,1-3H3. The maximum atomic E-state index is 13.0. The quantitative estimate of drug-likeness (QED) is 0.766. The number of hydrogen-bond acceptors (Lipinski definition) is 7. The van der Waals surface area contributed by atoms with E-state index in [1.165, 1.54) is 25.3 Å². The molecular formula is C16H12F3N3O4. The number of nitrogens with zero attached hydrogens (tertiary/aromatic N) is 3. The number of carbonyl (C=O) groups excluding carboxylic acids is 1. The molecule has 0 aliphatic heterocycles. The second kappa shape index (κ2) is 7.26. The molecule has 0 aliphatic rings. The van der Waals surface area contributed by atoms with Gasteiger partial charge in [0.05, 0.1) is 25.9 Å². The number of methoxy groups -OCH3 is 2. The Balaban J connectivity index is 2.59. The van der Waals surface area contributed by atoms with Gasteiger partial charge in [-0.2, -0.15) is 18.4 Å². The smallest absolute Gasteiger partial charge is 0.435 e. The number of esters is 1. The van der Waals surface area contributed by atoms with Gasteiger partial charge in [-0.1, -0.05) is 0 Å². The monoisotopic (exact) mass is 367 g/mol. The maximum absolute atomic E-state index is 13.0. The van der Waals surface area contributed by atoms with Crippen molar-refractivity contribution in [1.29, 1.82) is 5.26 Å². The number of rotatable bonds is 4. The van der Waals surface area contributed by atoms with E-state index in [1.807, 2.05) is 6.07 Å². The molecule has 0 bridgehead atoms. The van der Waals surface area contributed by atoms with Crippen LogP contribution in [-0.4, -0.2) is 30.4 Å². The van der Waals surface area contributed by atoms with Crippen molar-refractivity contribution in [2.45, 2.75) is 13.1 Å². The van der Waals surface area contributed by atoms with Crippen LogP contribution < -0.4 is 9.47 Å². The molecule has 0 amide bonds. The van der Waals surface area contributed by atoms with Gasteiger partial charge in [-0.05, 0) is 19.1 Å². The lowest BCUT2D eigenvalue weighted by atomic mass is 10.1. The summed E-state index contributed by atoms with van der Waals surface area (Å²) in [6.07, 6.45) is -4.80. The predicted molar refractivity (Wildman–Crippen MR) is 80.9 cm³/mol. The van der Waals surface area contributed by atoms with E-state index in [-0.39, 0.29) is 17.1 Å². The third-order valence-corrected chi connectivity index (χ3v) is 3.34. The van der Waals surface area contributed by atoms with Crippen LogP contribution in [0.15, 0.2) is 18.2 Å². The van der Waals surface area contributed by atoms with E-state index in [4.69, 9.17) is 14.7 Å². The van der Waals surface area contributed by atoms with E-state index in [1.54, 1.807) is 0 Å². The van der Waals surface area contributed by atoms with Gasteiger partial charge in [0.2, 0.25) is 0 Å². The average Bonchev–Trinajstić information content (AvgIpc) is 2.60. The lowest BCUT2D eigenvalue weighted by Gasteiger charge is -2.15. The highest BCUT2D eigenvalue weighted by atomic mass is 19.4. The van der Waals surface area contributed by atoms with Crippen LogP contribution in [0.3, 0.4) is 0 Å². The van der Waals surface area contributed by atoms with E-state index >= 15 is 0 Å². The van der Waals surface area contributed by atoms with E-state index in [0.29, 0.717) is 0 Å². The Bertz CT molecular complexity index is 892. The van der Waals surface area contributed by atoms with Gasteiger partial charge in [-0.25, -0.2) is 4.79 Å². The van der Waals surface area contributed by atoms with Gasteiger partial charge in [0.1, 0.15) is 5.56 Å². The summed E-state index contributed by atoms with van der Waals surface area (Å²) in [5, 5.41) is 15.4. The fourth-order valence-electron chi connectivity index (χ4n) is 2.11. The molecule has 0 fully saturated rings. The normalized spacial score (nSPS) is 10.8. The van der Waals surface area contributed by atoms with E-state index in [2.05, 4.69) is 14.9 Å². The second-order valence-corrected chi connectivity index (χ2v) is 4.92. The molecule has 2 rings (SSSR count). The topological polar surface area (TPSA) is 94.3 Å². The summed E-state index contributed by atoms with van der Waals surface area (Å²) in [6.45, 7) is 1.06. The van der Waals surface area contributed by atoms with Crippen molar-refractivity contribution in [1.82, 2.24) is 10.2 Å². The Kier molecular flexibility index (Phi) is 5.30. The Morgan fingerprint density at radius 2 is 1.88 bits per heavy atom. The lowest BCUT2D eigenvalue weighted by Crippen LogP contribution is -2.17. The molecule has 0 saturated carbocycles. The molecule has 0 spiro atoms. The number of benzene rings is 1. The van der Waals surface area contributed by atoms with Crippen molar-refractivity contribution >= 4 is 5.97 Å². The lowest BCUT2D eigenvalue weighted by molar-refractivity contribution is -0.142. The molecule has 0 aliphatic carbocycles. The zero-order chi connectivity index (χ0) is 19.5. The number of halogens is 3. The third-order valence-electron chi connectivity index (χ3n) is 3.34. The maximum Gasteiger partial charge on any atom is 0.435 e. The van der Waals surface area contributed by atoms with Gasteiger partial charge in [0.25, 0.3) is 5.88 Å². The van der Waals surface area contributed by atoms with Gasteiger partial charge in [0.15, 0.2) is 17.2 Å². The van der Waals surface area contributed by atoms with Crippen LogP contribution >= 0.6 is 0 Å². The molecule has 0 unspecified atom stereocenters. The molecule has 0 saturated heterocycles. The van der Waals surface area contributed by atoms with Crippen molar-refractivity contribution in [3.63, 3.8) is 0 Å². The van der Waals surface area contributed by atoms with Crippen LogP contribution in [0.25, 0.3) is 0 Å². The number of nitriles is 1. The highest BCUT2D eigenvalue weighted by Crippen LogP contribution is 2.37. The van der Waals surface area contributed by atoms with Crippen molar-refractivity contribution in [2.24, 2.45) is 0 Å². The van der Waals surface area contributed by atoms with Crippen LogP contribution in [0.5, 0.6) is 17.4 Å². The van der Waals surface area contributed by atoms with Gasteiger partial charge >= 0.3 is 12.1 Å². The van der Waals surface area contributed by atoms with Crippen molar-refractivity contribution in [2.75, 3.05) is 14.2 Å². The van der Waals surface area contributed by atoms with Gasteiger partial charge in [-0.3, -0.25) is 0 Å². The minimum atomic E-state index is -4.80. The number of ether oxygens (including phenoxy) is 3. The Morgan fingerprint density at radius 3 is 2.42 bits per heavy atom. The zero-order valence-electron chi connectivity index (χ0n) is 13.8. The molecule has 1 aromatic heterocycles. The first kappa shape index (κ1) is 19.0. The molecule has 0 radical (unpaired) electrons. The molecule has 26 heavy (non-hydrogen) atoms. The second-order valence-electron chi connectivity index (χ2n) is 4.92. The number of hydrogen-bond donors (Lipinski definition) is 0. The summed E-state index contributed by atoms with van der Waals surface area (Å²) in [5.74, 6) is -1.39. The molecule has 1 heterocycles. The Morgan fingerprint density at radius 1 is 1.19 bits per heavy atom. The van der Waals surface area contributed by atoms with Crippen LogP contribution in [0, 0.1) is 18.3 Å². The minimum absolute atomic E-state index is 0.0325.